The van der Waals surface area contributed by atoms with Crippen molar-refractivity contribution in [3.05, 3.63) is 35.0 Å². The van der Waals surface area contributed by atoms with Gasteiger partial charge in [0.1, 0.15) is 5.69 Å². The van der Waals surface area contributed by atoms with Crippen LogP contribution in [0.3, 0.4) is 0 Å². The first-order valence-electron chi connectivity index (χ1n) is 7.48. The van der Waals surface area contributed by atoms with Crippen molar-refractivity contribution in [3.8, 4) is 0 Å². The average Bonchev–Trinajstić information content (AvgIpc) is 2.78. The van der Waals surface area contributed by atoms with E-state index >= 15 is 0 Å². The van der Waals surface area contributed by atoms with Gasteiger partial charge >= 0.3 is 0 Å². The summed E-state index contributed by atoms with van der Waals surface area (Å²) in [5.74, 6) is -0.0929. The molecule has 1 amide bonds. The summed E-state index contributed by atoms with van der Waals surface area (Å²) in [7, 11) is 0. The minimum Gasteiger partial charge on any atom is -0.351 e. The van der Waals surface area contributed by atoms with Crippen LogP contribution in [0.15, 0.2) is 24.3 Å². The Morgan fingerprint density at radius 2 is 2.05 bits per heavy atom. The van der Waals surface area contributed by atoms with E-state index in [0.717, 1.165) is 36.6 Å². The number of H-pyrrole nitrogens is 1. The number of aromatic nitrogens is 1. The SMILES string of the molecule is N[C@@H]1CCCCC[C@H]1NC(=O)c1cc2cc(Cl)ccc2[nH]1. The topological polar surface area (TPSA) is 70.9 Å². The summed E-state index contributed by atoms with van der Waals surface area (Å²) in [6.45, 7) is 0. The molecule has 1 aromatic carbocycles. The van der Waals surface area contributed by atoms with Gasteiger partial charge in [-0.25, -0.2) is 0 Å². The molecule has 1 saturated carbocycles. The number of nitrogens with one attached hydrogen (secondary N) is 2. The van der Waals surface area contributed by atoms with Crippen LogP contribution in [-0.4, -0.2) is 23.0 Å². The van der Waals surface area contributed by atoms with E-state index in [2.05, 4.69) is 10.3 Å². The minimum absolute atomic E-state index is 0.0512. The van der Waals surface area contributed by atoms with Gasteiger partial charge in [0.2, 0.25) is 0 Å². The second-order valence-corrected chi connectivity index (χ2v) is 6.23. The van der Waals surface area contributed by atoms with E-state index in [4.69, 9.17) is 17.3 Å². The van der Waals surface area contributed by atoms with Crippen LogP contribution in [0.5, 0.6) is 0 Å². The highest BCUT2D eigenvalue weighted by Gasteiger charge is 2.23. The Balaban J connectivity index is 1.76. The van der Waals surface area contributed by atoms with Gasteiger partial charge in [0, 0.05) is 28.0 Å². The molecule has 0 unspecified atom stereocenters. The normalized spacial score (nSPS) is 23.0. The summed E-state index contributed by atoms with van der Waals surface area (Å²) in [5, 5.41) is 4.68. The molecule has 2 atom stereocenters. The van der Waals surface area contributed by atoms with Gasteiger partial charge in [0.25, 0.3) is 5.91 Å². The van der Waals surface area contributed by atoms with Crippen molar-refractivity contribution in [2.24, 2.45) is 5.73 Å². The quantitative estimate of drug-likeness (QED) is 0.746. The van der Waals surface area contributed by atoms with Crippen molar-refractivity contribution >= 4 is 28.4 Å². The van der Waals surface area contributed by atoms with Gasteiger partial charge in [-0.05, 0) is 37.1 Å². The Hall–Kier alpha value is -1.52. The van der Waals surface area contributed by atoms with E-state index in [1.807, 2.05) is 24.3 Å². The van der Waals surface area contributed by atoms with Crippen molar-refractivity contribution in [1.82, 2.24) is 10.3 Å². The Morgan fingerprint density at radius 3 is 2.90 bits per heavy atom. The lowest BCUT2D eigenvalue weighted by atomic mass is 10.0. The van der Waals surface area contributed by atoms with E-state index in [0.29, 0.717) is 10.7 Å². The van der Waals surface area contributed by atoms with Crippen LogP contribution in [-0.2, 0) is 0 Å². The Bertz CT molecular complexity index is 652. The third-order valence-electron chi connectivity index (χ3n) is 4.21. The number of aromatic amines is 1. The number of nitrogens with two attached hydrogens (primary N) is 1. The number of benzene rings is 1. The fraction of sp³-hybridized carbons (Fsp3) is 0.438. The standard InChI is InChI=1S/C16H20ClN3O/c17-11-6-7-13-10(8-11)9-15(19-13)16(21)20-14-5-3-1-2-4-12(14)18/h6-9,12,14,19H,1-5,18H2,(H,20,21)/t12-,14-/m1/s1. The molecule has 0 bridgehead atoms. The van der Waals surface area contributed by atoms with Crippen molar-refractivity contribution in [2.45, 2.75) is 44.2 Å². The Kier molecular flexibility index (Phi) is 4.17. The maximum atomic E-state index is 12.4. The van der Waals surface area contributed by atoms with Crippen LogP contribution in [0.25, 0.3) is 10.9 Å². The molecule has 0 radical (unpaired) electrons. The van der Waals surface area contributed by atoms with Gasteiger partial charge in [-0.1, -0.05) is 30.9 Å². The average molecular weight is 306 g/mol. The number of amides is 1. The number of rotatable bonds is 2. The van der Waals surface area contributed by atoms with E-state index in [-0.39, 0.29) is 18.0 Å². The maximum Gasteiger partial charge on any atom is 0.268 e. The number of hydrogen-bond acceptors (Lipinski definition) is 2. The summed E-state index contributed by atoms with van der Waals surface area (Å²) >= 11 is 5.97. The van der Waals surface area contributed by atoms with Gasteiger partial charge in [0.05, 0.1) is 0 Å². The van der Waals surface area contributed by atoms with E-state index in [1.165, 1.54) is 6.42 Å². The fourth-order valence-corrected chi connectivity index (χ4v) is 3.17. The first-order valence-corrected chi connectivity index (χ1v) is 7.86. The summed E-state index contributed by atoms with van der Waals surface area (Å²) in [5.41, 5.74) is 7.63. The van der Waals surface area contributed by atoms with Crippen molar-refractivity contribution < 1.29 is 4.79 Å². The highest BCUT2D eigenvalue weighted by molar-refractivity contribution is 6.31. The number of carbonyl (C=O) groups excluding carboxylic acids is 1. The molecule has 3 rings (SSSR count). The molecule has 112 valence electrons. The zero-order valence-corrected chi connectivity index (χ0v) is 12.6. The largest absolute Gasteiger partial charge is 0.351 e. The number of carbonyl (C=O) groups is 1. The van der Waals surface area contributed by atoms with Crippen LogP contribution in [0.1, 0.15) is 42.6 Å². The lowest BCUT2D eigenvalue weighted by Gasteiger charge is -2.22. The molecule has 1 aliphatic carbocycles. The highest BCUT2D eigenvalue weighted by atomic mass is 35.5. The predicted molar refractivity (Wildman–Crippen MR) is 85.6 cm³/mol. The van der Waals surface area contributed by atoms with Crippen LogP contribution < -0.4 is 11.1 Å². The monoisotopic (exact) mass is 305 g/mol. The third kappa shape index (κ3) is 3.22. The summed E-state index contributed by atoms with van der Waals surface area (Å²) < 4.78 is 0. The van der Waals surface area contributed by atoms with E-state index in [1.54, 1.807) is 0 Å². The molecule has 21 heavy (non-hydrogen) atoms. The fourth-order valence-electron chi connectivity index (χ4n) is 2.99. The Morgan fingerprint density at radius 1 is 1.24 bits per heavy atom. The van der Waals surface area contributed by atoms with Crippen LogP contribution in [0, 0.1) is 0 Å². The minimum atomic E-state index is -0.0929. The lowest BCUT2D eigenvalue weighted by Crippen LogP contribution is -2.47. The van der Waals surface area contributed by atoms with Crippen LogP contribution in [0.4, 0.5) is 0 Å². The molecule has 2 aromatic rings. The molecule has 1 heterocycles. The molecular formula is C16H20ClN3O. The second kappa shape index (κ2) is 6.08. The van der Waals surface area contributed by atoms with Crippen molar-refractivity contribution in [1.29, 1.82) is 0 Å². The molecule has 1 aromatic heterocycles. The first-order chi connectivity index (χ1) is 10.1. The molecular weight excluding hydrogens is 286 g/mol. The van der Waals surface area contributed by atoms with Crippen molar-refractivity contribution in [3.63, 3.8) is 0 Å². The van der Waals surface area contributed by atoms with Gasteiger partial charge in [0.15, 0.2) is 0 Å². The smallest absolute Gasteiger partial charge is 0.268 e. The summed E-state index contributed by atoms with van der Waals surface area (Å²) in [6, 6.07) is 7.49. The molecule has 1 fully saturated rings. The number of hydrogen-bond donors (Lipinski definition) is 3. The molecule has 5 heteroatoms. The predicted octanol–water partition coefficient (Wildman–Crippen LogP) is 3.21. The molecule has 4 N–H and O–H groups in total. The number of halogens is 1. The summed E-state index contributed by atoms with van der Waals surface area (Å²) in [4.78, 5) is 15.5. The van der Waals surface area contributed by atoms with Gasteiger partial charge in [-0.2, -0.15) is 0 Å². The van der Waals surface area contributed by atoms with E-state index < -0.39 is 0 Å². The van der Waals surface area contributed by atoms with Gasteiger partial charge in [-0.3, -0.25) is 4.79 Å². The lowest BCUT2D eigenvalue weighted by molar-refractivity contribution is 0.0924. The third-order valence-corrected chi connectivity index (χ3v) is 4.45. The molecule has 4 nitrogen and oxygen atoms in total. The van der Waals surface area contributed by atoms with E-state index in [9.17, 15) is 4.79 Å². The maximum absolute atomic E-state index is 12.4. The van der Waals surface area contributed by atoms with Gasteiger partial charge in [-0.15, -0.1) is 0 Å². The second-order valence-electron chi connectivity index (χ2n) is 5.80. The zero-order chi connectivity index (χ0) is 14.8. The van der Waals surface area contributed by atoms with Crippen molar-refractivity contribution in [2.75, 3.05) is 0 Å². The first kappa shape index (κ1) is 14.4. The van der Waals surface area contributed by atoms with Gasteiger partial charge < -0.3 is 16.0 Å². The Labute approximate surface area is 129 Å². The highest BCUT2D eigenvalue weighted by Crippen LogP contribution is 2.21. The molecule has 0 aliphatic heterocycles. The van der Waals surface area contributed by atoms with Crippen LogP contribution in [0.2, 0.25) is 5.02 Å². The molecule has 1 aliphatic rings. The molecule has 0 saturated heterocycles. The summed E-state index contributed by atoms with van der Waals surface area (Å²) in [6.07, 6.45) is 5.41. The molecule has 0 spiro atoms. The van der Waals surface area contributed by atoms with Crippen LogP contribution >= 0.6 is 11.6 Å². The zero-order valence-electron chi connectivity index (χ0n) is 11.9. The number of fused-ring (bicyclic) bond motifs is 1.